The lowest BCUT2D eigenvalue weighted by Crippen LogP contribution is -1.78. The number of rotatable bonds is 3. The fraction of sp³-hybridized carbons (Fsp3) is 0.818. The van der Waals surface area contributed by atoms with E-state index >= 15 is 0 Å². The lowest BCUT2D eigenvalue weighted by atomic mass is 10.3. The molecule has 0 aliphatic rings. The van der Waals surface area contributed by atoms with Crippen LogP contribution in [0.25, 0.3) is 0 Å². The van der Waals surface area contributed by atoms with E-state index in [4.69, 9.17) is 5.11 Å². The van der Waals surface area contributed by atoms with E-state index in [0.717, 1.165) is 12.8 Å². The van der Waals surface area contributed by atoms with Gasteiger partial charge in [0, 0.05) is 6.61 Å². The summed E-state index contributed by atoms with van der Waals surface area (Å²) in [5.41, 5.74) is 0. The molecule has 1 nitrogen and oxygen atoms in total. The number of aliphatic hydroxyl groups is 1. The van der Waals surface area contributed by atoms with Crippen molar-refractivity contribution in [3.63, 3.8) is 0 Å². The lowest BCUT2D eigenvalue weighted by molar-refractivity contribution is 0.284. The maximum Gasteiger partial charge on any atom is 0.0431 e. The molecule has 0 unspecified atom stereocenters. The normalized spacial score (nSPS) is 7.08. The number of aliphatic hydroxyl groups excluding tert-OH is 1. The first-order valence-electron chi connectivity index (χ1n) is 4.92. The summed E-state index contributed by atoms with van der Waals surface area (Å²) in [6.07, 6.45) is 6.33. The summed E-state index contributed by atoms with van der Waals surface area (Å²) in [6.45, 7) is 12.0. The summed E-state index contributed by atoms with van der Waals surface area (Å²) in [5.74, 6) is 0. The summed E-state index contributed by atoms with van der Waals surface area (Å²) in [4.78, 5) is 0. The first-order valence-corrected chi connectivity index (χ1v) is 4.92. The first kappa shape index (κ1) is 17.7. The summed E-state index contributed by atoms with van der Waals surface area (Å²) in [7, 11) is 0. The van der Waals surface area contributed by atoms with Crippen LogP contribution in [-0.2, 0) is 0 Å². The van der Waals surface area contributed by atoms with Gasteiger partial charge in [-0.25, -0.2) is 0 Å². The molecule has 0 atom stereocenters. The maximum absolute atomic E-state index is 8.20. The Bertz CT molecular complexity index is 47.0. The molecule has 0 radical (unpaired) electrons. The van der Waals surface area contributed by atoms with E-state index in [0.29, 0.717) is 6.61 Å². The van der Waals surface area contributed by atoms with Crippen LogP contribution in [-0.4, -0.2) is 11.7 Å². The number of unbranched alkanes of at least 4 members (excludes halogenated alkanes) is 2. The molecule has 0 saturated carbocycles. The van der Waals surface area contributed by atoms with Gasteiger partial charge in [0.05, 0.1) is 0 Å². The Morgan fingerprint density at radius 3 is 1.58 bits per heavy atom. The van der Waals surface area contributed by atoms with Gasteiger partial charge in [0.15, 0.2) is 0 Å². The summed E-state index contributed by atoms with van der Waals surface area (Å²) in [6, 6.07) is 0. The molecule has 0 heterocycles. The SMILES string of the molecule is C=CC.CCC.CCCCCO. The Hall–Kier alpha value is -0.300. The van der Waals surface area contributed by atoms with Crippen LogP contribution >= 0.6 is 0 Å². The topological polar surface area (TPSA) is 20.2 Å². The third-order valence-corrected chi connectivity index (χ3v) is 0.762. The molecule has 0 aliphatic heterocycles. The quantitative estimate of drug-likeness (QED) is 0.510. The highest BCUT2D eigenvalue weighted by molar-refractivity contribution is 4.51. The van der Waals surface area contributed by atoms with Crippen LogP contribution in [0.1, 0.15) is 53.4 Å². The van der Waals surface area contributed by atoms with Gasteiger partial charge in [-0.1, -0.05) is 46.1 Å². The van der Waals surface area contributed by atoms with Gasteiger partial charge in [-0.2, -0.15) is 0 Å². The highest BCUT2D eigenvalue weighted by atomic mass is 16.2. The van der Waals surface area contributed by atoms with Gasteiger partial charge >= 0.3 is 0 Å². The van der Waals surface area contributed by atoms with Crippen molar-refractivity contribution < 1.29 is 5.11 Å². The molecule has 0 bridgehead atoms. The minimum absolute atomic E-state index is 0.355. The van der Waals surface area contributed by atoms with Gasteiger partial charge < -0.3 is 5.11 Å². The number of allylic oxidation sites excluding steroid dienone is 1. The second-order valence-electron chi connectivity index (χ2n) is 2.55. The van der Waals surface area contributed by atoms with Gasteiger partial charge in [-0.15, -0.1) is 6.58 Å². The zero-order chi connectivity index (χ0) is 10.2. The molecule has 12 heavy (non-hydrogen) atoms. The van der Waals surface area contributed by atoms with Gasteiger partial charge in [-0.3, -0.25) is 0 Å². The minimum Gasteiger partial charge on any atom is -0.396 e. The summed E-state index contributed by atoms with van der Waals surface area (Å²) in [5, 5.41) is 8.20. The van der Waals surface area contributed by atoms with Crippen molar-refractivity contribution in [1.82, 2.24) is 0 Å². The van der Waals surface area contributed by atoms with Crippen LogP contribution in [0, 0.1) is 0 Å². The zero-order valence-corrected chi connectivity index (χ0v) is 9.27. The standard InChI is InChI=1S/C5H12O.C3H8.C3H6/c1-2-3-4-5-6;2*1-3-2/h6H,2-5H2,1H3;3H2,1-2H3;3H,1H2,2H3. The summed E-state index contributed by atoms with van der Waals surface area (Å²) < 4.78 is 0. The molecule has 0 rings (SSSR count). The van der Waals surface area contributed by atoms with Crippen molar-refractivity contribution in [2.24, 2.45) is 0 Å². The zero-order valence-electron chi connectivity index (χ0n) is 9.27. The Balaban J connectivity index is -0.000000115. The van der Waals surface area contributed by atoms with Crippen molar-refractivity contribution in [2.45, 2.75) is 53.4 Å². The van der Waals surface area contributed by atoms with Crippen LogP contribution in [0.4, 0.5) is 0 Å². The lowest BCUT2D eigenvalue weighted by Gasteiger charge is -1.85. The average Bonchev–Trinajstić information content (AvgIpc) is 2.04. The Morgan fingerprint density at radius 1 is 1.17 bits per heavy atom. The maximum atomic E-state index is 8.20. The van der Waals surface area contributed by atoms with E-state index in [9.17, 15) is 0 Å². The third kappa shape index (κ3) is 101. The van der Waals surface area contributed by atoms with Gasteiger partial charge in [0.1, 0.15) is 0 Å². The van der Waals surface area contributed by atoms with E-state index in [2.05, 4.69) is 27.4 Å². The summed E-state index contributed by atoms with van der Waals surface area (Å²) >= 11 is 0. The molecule has 0 saturated heterocycles. The van der Waals surface area contributed by atoms with Gasteiger partial charge in [0.25, 0.3) is 0 Å². The molecular weight excluding hydrogens is 148 g/mol. The molecule has 76 valence electrons. The molecule has 0 aromatic carbocycles. The molecule has 0 spiro atoms. The average molecular weight is 174 g/mol. The van der Waals surface area contributed by atoms with Crippen molar-refractivity contribution in [2.75, 3.05) is 6.61 Å². The van der Waals surface area contributed by atoms with Gasteiger partial charge in [-0.05, 0) is 13.3 Å². The molecule has 0 aliphatic carbocycles. The van der Waals surface area contributed by atoms with Crippen LogP contribution in [0.2, 0.25) is 0 Å². The fourth-order valence-electron chi connectivity index (χ4n) is 0.362. The fourth-order valence-corrected chi connectivity index (χ4v) is 0.362. The highest BCUT2D eigenvalue weighted by Gasteiger charge is 1.76. The second kappa shape index (κ2) is 31.0. The molecule has 1 N–H and O–H groups in total. The Labute approximate surface area is 78.5 Å². The molecule has 0 fully saturated rings. The monoisotopic (exact) mass is 174 g/mol. The van der Waals surface area contributed by atoms with Gasteiger partial charge in [0.2, 0.25) is 0 Å². The predicted octanol–water partition coefficient (Wildman–Crippen LogP) is 3.78. The third-order valence-electron chi connectivity index (χ3n) is 0.762. The molecular formula is C11H26O. The minimum atomic E-state index is 0.355. The van der Waals surface area contributed by atoms with Crippen molar-refractivity contribution in [3.8, 4) is 0 Å². The second-order valence-corrected chi connectivity index (χ2v) is 2.55. The van der Waals surface area contributed by atoms with Crippen LogP contribution < -0.4 is 0 Å². The van der Waals surface area contributed by atoms with Crippen LogP contribution in [0.15, 0.2) is 12.7 Å². The first-order chi connectivity index (χ1) is 5.74. The molecule has 0 aromatic heterocycles. The molecule has 0 amide bonds. The van der Waals surface area contributed by atoms with Crippen molar-refractivity contribution in [1.29, 1.82) is 0 Å². The largest absolute Gasteiger partial charge is 0.396 e. The molecule has 1 heteroatoms. The van der Waals surface area contributed by atoms with E-state index in [-0.39, 0.29) is 0 Å². The van der Waals surface area contributed by atoms with E-state index in [1.165, 1.54) is 12.8 Å². The number of hydrogen-bond acceptors (Lipinski definition) is 1. The van der Waals surface area contributed by atoms with E-state index in [1.807, 2.05) is 6.92 Å². The van der Waals surface area contributed by atoms with E-state index < -0.39 is 0 Å². The van der Waals surface area contributed by atoms with Crippen molar-refractivity contribution >= 4 is 0 Å². The number of hydrogen-bond donors (Lipinski definition) is 1. The Morgan fingerprint density at radius 2 is 1.50 bits per heavy atom. The Kier molecular flexibility index (Phi) is 45.7. The smallest absolute Gasteiger partial charge is 0.0431 e. The van der Waals surface area contributed by atoms with Crippen molar-refractivity contribution in [3.05, 3.63) is 12.7 Å². The highest BCUT2D eigenvalue weighted by Crippen LogP contribution is 1.89. The van der Waals surface area contributed by atoms with E-state index in [1.54, 1.807) is 6.08 Å². The van der Waals surface area contributed by atoms with Crippen LogP contribution in [0.3, 0.4) is 0 Å². The van der Waals surface area contributed by atoms with Crippen LogP contribution in [0.5, 0.6) is 0 Å². The molecule has 0 aromatic rings. The predicted molar refractivity (Wildman–Crippen MR) is 58.4 cm³/mol.